The minimum atomic E-state index is -0.517. The number of rotatable bonds is 5. The summed E-state index contributed by atoms with van der Waals surface area (Å²) in [5, 5.41) is 2.47. The number of benzene rings is 2. The second-order valence-corrected chi connectivity index (χ2v) is 5.59. The highest BCUT2D eigenvalue weighted by Gasteiger charge is 2.07. The van der Waals surface area contributed by atoms with Gasteiger partial charge in [0.05, 0.1) is 18.7 Å². The standard InChI is InChI=1S/C15H14FIN2O2/c16-13-6-3-11(18)9-14(13)19-15(20)7-8-21-12-4-1-10(17)2-5-12/h1-6,9H,7-8,18H2,(H,19,20). The maximum Gasteiger partial charge on any atom is 0.227 e. The van der Waals surface area contributed by atoms with Crippen molar-refractivity contribution in [3.8, 4) is 5.75 Å². The Morgan fingerprint density at radius 1 is 1.24 bits per heavy atom. The maximum atomic E-state index is 13.5. The van der Waals surface area contributed by atoms with Gasteiger partial charge in [-0.3, -0.25) is 4.79 Å². The van der Waals surface area contributed by atoms with E-state index in [9.17, 15) is 9.18 Å². The molecule has 2 aromatic rings. The number of nitrogens with two attached hydrogens (primary N) is 1. The summed E-state index contributed by atoms with van der Waals surface area (Å²) in [5.74, 6) is -0.153. The molecule has 1 amide bonds. The van der Waals surface area contributed by atoms with Gasteiger partial charge in [0.25, 0.3) is 0 Å². The van der Waals surface area contributed by atoms with Crippen molar-refractivity contribution in [2.45, 2.75) is 6.42 Å². The van der Waals surface area contributed by atoms with Gasteiger partial charge in [0, 0.05) is 9.26 Å². The molecular weight excluding hydrogens is 386 g/mol. The molecule has 0 fully saturated rings. The first-order valence-corrected chi connectivity index (χ1v) is 7.36. The molecule has 0 aromatic heterocycles. The van der Waals surface area contributed by atoms with Gasteiger partial charge in [-0.05, 0) is 65.1 Å². The van der Waals surface area contributed by atoms with Gasteiger partial charge in [0.1, 0.15) is 11.6 Å². The number of halogens is 2. The smallest absolute Gasteiger partial charge is 0.227 e. The molecule has 0 aliphatic carbocycles. The molecule has 4 nitrogen and oxygen atoms in total. The Labute approximate surface area is 135 Å². The molecule has 0 atom stereocenters. The molecule has 2 rings (SSSR count). The van der Waals surface area contributed by atoms with Crippen LogP contribution in [0.2, 0.25) is 0 Å². The first-order valence-electron chi connectivity index (χ1n) is 6.28. The predicted octanol–water partition coefficient (Wildman–Crippen LogP) is 3.42. The van der Waals surface area contributed by atoms with Crippen molar-refractivity contribution in [1.29, 1.82) is 0 Å². The fourth-order valence-electron chi connectivity index (χ4n) is 1.64. The Morgan fingerprint density at radius 2 is 1.95 bits per heavy atom. The van der Waals surface area contributed by atoms with Crippen molar-refractivity contribution >= 4 is 39.9 Å². The molecule has 6 heteroatoms. The quantitative estimate of drug-likeness (QED) is 0.597. The molecule has 0 aliphatic rings. The van der Waals surface area contributed by atoms with Crippen LogP contribution in [0, 0.1) is 9.39 Å². The van der Waals surface area contributed by atoms with Crippen LogP contribution in [0.15, 0.2) is 42.5 Å². The van der Waals surface area contributed by atoms with Gasteiger partial charge < -0.3 is 15.8 Å². The number of carbonyl (C=O) groups is 1. The number of anilines is 2. The molecular formula is C15H14FIN2O2. The fraction of sp³-hybridized carbons (Fsp3) is 0.133. The predicted molar refractivity (Wildman–Crippen MR) is 88.7 cm³/mol. The molecule has 3 N–H and O–H groups in total. The summed E-state index contributed by atoms with van der Waals surface area (Å²) >= 11 is 2.20. The molecule has 0 saturated heterocycles. The van der Waals surface area contributed by atoms with E-state index in [0.29, 0.717) is 11.4 Å². The Kier molecular flexibility index (Phi) is 5.38. The lowest BCUT2D eigenvalue weighted by atomic mass is 10.2. The lowest BCUT2D eigenvalue weighted by Gasteiger charge is -2.08. The van der Waals surface area contributed by atoms with Crippen molar-refractivity contribution in [3.05, 3.63) is 51.9 Å². The Balaban J connectivity index is 1.82. The molecule has 0 unspecified atom stereocenters. The minimum absolute atomic E-state index is 0.0780. The summed E-state index contributed by atoms with van der Waals surface area (Å²) in [4.78, 5) is 11.7. The van der Waals surface area contributed by atoms with Crippen LogP contribution >= 0.6 is 22.6 Å². The summed E-state index contributed by atoms with van der Waals surface area (Å²) in [6, 6.07) is 11.5. The minimum Gasteiger partial charge on any atom is -0.493 e. The van der Waals surface area contributed by atoms with E-state index < -0.39 is 5.82 Å². The Bertz CT molecular complexity index is 632. The van der Waals surface area contributed by atoms with Gasteiger partial charge in [-0.25, -0.2) is 4.39 Å². The number of hydrogen-bond donors (Lipinski definition) is 2. The van der Waals surface area contributed by atoms with Crippen molar-refractivity contribution in [2.24, 2.45) is 0 Å². The van der Waals surface area contributed by atoms with Gasteiger partial charge >= 0.3 is 0 Å². The first-order chi connectivity index (χ1) is 10.0. The number of amides is 1. The van der Waals surface area contributed by atoms with Gasteiger partial charge in [-0.2, -0.15) is 0 Å². The van der Waals surface area contributed by atoms with Gasteiger partial charge in [-0.1, -0.05) is 0 Å². The molecule has 0 bridgehead atoms. The van der Waals surface area contributed by atoms with Crippen molar-refractivity contribution in [3.63, 3.8) is 0 Å². The third kappa shape index (κ3) is 4.89. The average molecular weight is 400 g/mol. The zero-order chi connectivity index (χ0) is 15.2. The summed E-state index contributed by atoms with van der Waals surface area (Å²) in [6.45, 7) is 0.219. The second kappa shape index (κ2) is 7.26. The molecule has 110 valence electrons. The average Bonchev–Trinajstić information content (AvgIpc) is 2.45. The van der Waals surface area contributed by atoms with E-state index in [1.165, 1.54) is 18.2 Å². The number of carbonyl (C=O) groups excluding carboxylic acids is 1. The fourth-order valence-corrected chi connectivity index (χ4v) is 2.00. The van der Waals surface area contributed by atoms with E-state index >= 15 is 0 Å². The zero-order valence-electron chi connectivity index (χ0n) is 11.1. The van der Waals surface area contributed by atoms with Crippen LogP contribution in [0.4, 0.5) is 15.8 Å². The molecule has 21 heavy (non-hydrogen) atoms. The van der Waals surface area contributed by atoms with Crippen LogP contribution in [0.3, 0.4) is 0 Å². The number of nitrogens with one attached hydrogen (secondary N) is 1. The van der Waals surface area contributed by atoms with Gasteiger partial charge in [-0.15, -0.1) is 0 Å². The third-order valence-corrected chi connectivity index (χ3v) is 3.40. The number of ether oxygens (including phenoxy) is 1. The number of hydrogen-bond acceptors (Lipinski definition) is 3. The summed E-state index contributed by atoms with van der Waals surface area (Å²) < 4.78 is 20.0. The van der Waals surface area contributed by atoms with E-state index in [2.05, 4.69) is 27.9 Å². The first kappa shape index (κ1) is 15.6. The van der Waals surface area contributed by atoms with Crippen molar-refractivity contribution in [1.82, 2.24) is 0 Å². The molecule has 0 heterocycles. The summed E-state index contributed by atoms with van der Waals surface area (Å²) in [5.41, 5.74) is 6.02. The highest BCUT2D eigenvalue weighted by Crippen LogP contribution is 2.18. The van der Waals surface area contributed by atoms with E-state index in [4.69, 9.17) is 10.5 Å². The summed E-state index contributed by atoms with van der Waals surface area (Å²) in [6.07, 6.45) is 0.125. The second-order valence-electron chi connectivity index (χ2n) is 4.34. The van der Waals surface area contributed by atoms with E-state index in [1.807, 2.05) is 24.3 Å². The third-order valence-electron chi connectivity index (χ3n) is 2.68. The monoisotopic (exact) mass is 400 g/mol. The van der Waals surface area contributed by atoms with E-state index in [-0.39, 0.29) is 24.6 Å². The van der Waals surface area contributed by atoms with E-state index in [0.717, 1.165) is 3.57 Å². The van der Waals surface area contributed by atoms with E-state index in [1.54, 1.807) is 0 Å². The zero-order valence-corrected chi connectivity index (χ0v) is 13.3. The lowest BCUT2D eigenvalue weighted by molar-refractivity contribution is -0.116. The van der Waals surface area contributed by atoms with Crippen LogP contribution in [-0.2, 0) is 4.79 Å². The van der Waals surface area contributed by atoms with Crippen LogP contribution in [0.25, 0.3) is 0 Å². The normalized spacial score (nSPS) is 10.2. The Morgan fingerprint density at radius 3 is 2.67 bits per heavy atom. The SMILES string of the molecule is Nc1ccc(F)c(NC(=O)CCOc2ccc(I)cc2)c1. The summed E-state index contributed by atoms with van der Waals surface area (Å²) in [7, 11) is 0. The molecule has 2 aromatic carbocycles. The van der Waals surface area contributed by atoms with Crippen LogP contribution < -0.4 is 15.8 Å². The highest BCUT2D eigenvalue weighted by atomic mass is 127. The highest BCUT2D eigenvalue weighted by molar-refractivity contribution is 14.1. The number of nitrogen functional groups attached to an aromatic ring is 1. The van der Waals surface area contributed by atoms with Gasteiger partial charge in [0.15, 0.2) is 0 Å². The molecule has 0 radical (unpaired) electrons. The molecule has 0 aliphatic heterocycles. The van der Waals surface area contributed by atoms with Crippen molar-refractivity contribution < 1.29 is 13.9 Å². The Hall–Kier alpha value is -1.83. The topological polar surface area (TPSA) is 64.3 Å². The van der Waals surface area contributed by atoms with Crippen LogP contribution in [0.5, 0.6) is 5.75 Å². The van der Waals surface area contributed by atoms with Crippen LogP contribution in [0.1, 0.15) is 6.42 Å². The largest absolute Gasteiger partial charge is 0.493 e. The lowest BCUT2D eigenvalue weighted by Crippen LogP contribution is -2.16. The molecule has 0 spiro atoms. The van der Waals surface area contributed by atoms with Crippen molar-refractivity contribution in [2.75, 3.05) is 17.7 Å². The van der Waals surface area contributed by atoms with Crippen LogP contribution in [-0.4, -0.2) is 12.5 Å². The van der Waals surface area contributed by atoms with Gasteiger partial charge in [0.2, 0.25) is 5.91 Å². The maximum absolute atomic E-state index is 13.5. The molecule has 0 saturated carbocycles.